The second kappa shape index (κ2) is 2.77. The molecule has 57 valence electrons. The lowest BCUT2D eigenvalue weighted by Crippen LogP contribution is -1.88. The standard InChI is InChI=1S/C5H3N4S.H2O/c10-5-3-4(7-1-6-3)8-2-9-5;/h1-2H,(H,8,9,10);1H2. The van der Waals surface area contributed by atoms with Gasteiger partial charge in [0.15, 0.2) is 5.82 Å². The van der Waals surface area contributed by atoms with E-state index in [0.717, 1.165) is 0 Å². The van der Waals surface area contributed by atoms with Crippen LogP contribution in [0.5, 0.6) is 0 Å². The van der Waals surface area contributed by atoms with Crippen molar-refractivity contribution in [3.8, 4) is 0 Å². The highest BCUT2D eigenvalue weighted by Crippen LogP contribution is 2.24. The first-order valence-electron chi connectivity index (χ1n) is 2.69. The van der Waals surface area contributed by atoms with Crippen molar-refractivity contribution < 1.29 is 5.48 Å². The third-order valence-corrected chi connectivity index (χ3v) is 1.49. The maximum absolute atomic E-state index is 4.91. The fourth-order valence-corrected chi connectivity index (χ4v) is 0.932. The van der Waals surface area contributed by atoms with Crippen LogP contribution in [0.15, 0.2) is 11.3 Å². The van der Waals surface area contributed by atoms with Crippen molar-refractivity contribution >= 4 is 30.1 Å². The summed E-state index contributed by atoms with van der Waals surface area (Å²) in [7, 11) is 0. The number of nitrogens with zero attached hydrogens (tertiary/aromatic N) is 3. The van der Waals surface area contributed by atoms with Gasteiger partial charge in [0.2, 0.25) is 0 Å². The average Bonchev–Trinajstić information content (AvgIpc) is 2.36. The molecule has 6 heteroatoms. The smallest absolute Gasteiger partial charge is 0.184 e. The highest BCUT2D eigenvalue weighted by molar-refractivity contribution is 7.71. The van der Waals surface area contributed by atoms with E-state index in [0.29, 0.717) is 16.1 Å². The maximum atomic E-state index is 4.91. The minimum atomic E-state index is 0. The van der Waals surface area contributed by atoms with Crippen LogP contribution in [0.25, 0.3) is 0 Å². The molecule has 5 nitrogen and oxygen atoms in total. The first kappa shape index (κ1) is 7.83. The minimum absolute atomic E-state index is 0. The minimum Gasteiger partial charge on any atom is -0.412 e. The van der Waals surface area contributed by atoms with Crippen molar-refractivity contribution in [1.29, 1.82) is 0 Å². The molecule has 0 spiro atoms. The van der Waals surface area contributed by atoms with Crippen molar-refractivity contribution in [2.45, 2.75) is 0 Å². The molecule has 0 fully saturated rings. The monoisotopic (exact) mass is 169 g/mol. The predicted molar refractivity (Wildman–Crippen MR) is 43.0 cm³/mol. The number of hydrogen-bond acceptors (Lipinski definition) is 3. The third-order valence-electron chi connectivity index (χ3n) is 1.18. The van der Waals surface area contributed by atoms with E-state index in [1.807, 2.05) is 0 Å². The Kier molecular flexibility index (Phi) is 1.97. The molecule has 0 saturated carbocycles. The van der Waals surface area contributed by atoms with Crippen molar-refractivity contribution in [2.24, 2.45) is 4.99 Å². The van der Waals surface area contributed by atoms with Crippen LogP contribution in [0.4, 0.5) is 11.5 Å². The van der Waals surface area contributed by atoms with Gasteiger partial charge in [-0.25, -0.2) is 15.3 Å². The van der Waals surface area contributed by atoms with Gasteiger partial charge >= 0.3 is 0 Å². The van der Waals surface area contributed by atoms with Crippen LogP contribution in [-0.4, -0.2) is 21.8 Å². The van der Waals surface area contributed by atoms with Gasteiger partial charge in [-0.2, -0.15) is 0 Å². The molecule has 1 aliphatic heterocycles. The van der Waals surface area contributed by atoms with Crippen molar-refractivity contribution in [3.63, 3.8) is 0 Å². The van der Waals surface area contributed by atoms with E-state index in [4.69, 9.17) is 12.2 Å². The molecule has 0 unspecified atom stereocenters. The Bertz CT molecular complexity index is 345. The molecule has 2 heterocycles. The van der Waals surface area contributed by atoms with Gasteiger partial charge in [-0.1, -0.05) is 12.2 Å². The summed E-state index contributed by atoms with van der Waals surface area (Å²) < 4.78 is 0.586. The normalized spacial score (nSPS) is 11.6. The van der Waals surface area contributed by atoms with Crippen LogP contribution in [0.3, 0.4) is 0 Å². The van der Waals surface area contributed by atoms with Crippen LogP contribution in [0.1, 0.15) is 0 Å². The van der Waals surface area contributed by atoms with Gasteiger partial charge in [0, 0.05) is 0 Å². The maximum Gasteiger partial charge on any atom is 0.184 e. The zero-order valence-corrected chi connectivity index (χ0v) is 6.22. The predicted octanol–water partition coefficient (Wildman–Crippen LogP) is 0.224. The van der Waals surface area contributed by atoms with Crippen LogP contribution >= 0.6 is 12.2 Å². The highest BCUT2D eigenvalue weighted by atomic mass is 32.1. The SMILES string of the molecule is O.S=c1[nH]cnc2c1[N]C=N2. The first-order chi connectivity index (χ1) is 4.88. The Morgan fingerprint density at radius 2 is 2.27 bits per heavy atom. The van der Waals surface area contributed by atoms with Crippen molar-refractivity contribution in [2.75, 3.05) is 0 Å². The summed E-state index contributed by atoms with van der Waals surface area (Å²) in [5.74, 6) is 0.601. The number of hydrogen-bond donors (Lipinski definition) is 1. The molecule has 2 rings (SSSR count). The zero-order valence-electron chi connectivity index (χ0n) is 5.40. The van der Waals surface area contributed by atoms with Crippen LogP contribution in [0.2, 0.25) is 0 Å². The average molecular weight is 169 g/mol. The Morgan fingerprint density at radius 3 is 3.00 bits per heavy atom. The summed E-state index contributed by atoms with van der Waals surface area (Å²) in [4.78, 5) is 10.5. The Balaban J connectivity index is 0.000000605. The van der Waals surface area contributed by atoms with Gasteiger partial charge < -0.3 is 10.5 Å². The van der Waals surface area contributed by atoms with Gasteiger partial charge in [-0.15, -0.1) is 0 Å². The molecule has 0 amide bonds. The molecule has 11 heavy (non-hydrogen) atoms. The molecule has 0 aromatic carbocycles. The third kappa shape index (κ3) is 1.13. The topological polar surface area (TPSA) is 86.6 Å². The number of aromatic nitrogens is 2. The van der Waals surface area contributed by atoms with E-state index in [2.05, 4.69) is 20.3 Å². The summed E-state index contributed by atoms with van der Waals surface area (Å²) >= 11 is 4.91. The molecule has 1 aromatic rings. The van der Waals surface area contributed by atoms with Gasteiger partial charge in [0.25, 0.3) is 0 Å². The van der Waals surface area contributed by atoms with E-state index in [1.165, 1.54) is 12.7 Å². The highest BCUT2D eigenvalue weighted by Gasteiger charge is 2.08. The van der Waals surface area contributed by atoms with Gasteiger partial charge in [-0.05, 0) is 0 Å². The molecular formula is C5H5N4OS. The number of aromatic amines is 1. The largest absolute Gasteiger partial charge is 0.412 e. The van der Waals surface area contributed by atoms with Gasteiger partial charge in [0.05, 0.1) is 6.33 Å². The zero-order chi connectivity index (χ0) is 6.97. The number of nitrogens with one attached hydrogen (secondary N) is 1. The summed E-state index contributed by atoms with van der Waals surface area (Å²) in [5.41, 5.74) is 0.664. The Labute approximate surface area is 67.5 Å². The Hall–Kier alpha value is -1.27. The second-order valence-corrected chi connectivity index (χ2v) is 2.19. The van der Waals surface area contributed by atoms with Crippen LogP contribution < -0.4 is 5.32 Å². The van der Waals surface area contributed by atoms with E-state index in [1.54, 1.807) is 0 Å². The van der Waals surface area contributed by atoms with E-state index >= 15 is 0 Å². The van der Waals surface area contributed by atoms with Crippen LogP contribution in [-0.2, 0) is 0 Å². The summed E-state index contributed by atoms with van der Waals surface area (Å²) in [6.07, 6.45) is 2.96. The number of aliphatic imine (C=N–C) groups is 1. The molecule has 3 N–H and O–H groups in total. The Morgan fingerprint density at radius 1 is 1.45 bits per heavy atom. The molecule has 0 bridgehead atoms. The quantitative estimate of drug-likeness (QED) is 0.563. The first-order valence-corrected chi connectivity index (χ1v) is 3.10. The molecule has 0 aliphatic carbocycles. The number of rotatable bonds is 0. The lowest BCUT2D eigenvalue weighted by atomic mass is 10.5. The van der Waals surface area contributed by atoms with Crippen LogP contribution in [0, 0.1) is 4.64 Å². The fourth-order valence-electron chi connectivity index (χ4n) is 0.735. The van der Waals surface area contributed by atoms with Gasteiger partial charge in [-0.3, -0.25) is 0 Å². The molecule has 0 atom stereocenters. The van der Waals surface area contributed by atoms with E-state index in [9.17, 15) is 0 Å². The molecular weight excluding hydrogens is 164 g/mol. The fraction of sp³-hybridized carbons (Fsp3) is 0. The van der Waals surface area contributed by atoms with E-state index in [-0.39, 0.29) is 5.48 Å². The molecule has 1 aromatic heterocycles. The number of fused-ring (bicyclic) bond motifs is 1. The van der Waals surface area contributed by atoms with E-state index < -0.39 is 0 Å². The summed E-state index contributed by atoms with van der Waals surface area (Å²) in [5, 5.41) is 3.91. The lowest BCUT2D eigenvalue weighted by molar-refractivity contribution is 0.824. The lowest BCUT2D eigenvalue weighted by Gasteiger charge is -1.91. The van der Waals surface area contributed by atoms with Crippen molar-refractivity contribution in [3.05, 3.63) is 11.0 Å². The molecule has 1 radical (unpaired) electrons. The summed E-state index contributed by atoms with van der Waals surface area (Å²) in [6.45, 7) is 0. The van der Waals surface area contributed by atoms with Gasteiger partial charge in [0.1, 0.15) is 16.7 Å². The number of H-pyrrole nitrogens is 1. The molecule has 0 saturated heterocycles. The molecule has 1 aliphatic rings. The summed E-state index contributed by atoms with van der Waals surface area (Å²) in [6, 6.07) is 0. The van der Waals surface area contributed by atoms with Crippen molar-refractivity contribution in [1.82, 2.24) is 15.3 Å². The second-order valence-electron chi connectivity index (χ2n) is 1.78.